The molecule has 6 nitrogen and oxygen atoms in total. The number of carbonyl (C=O) groups excluding carboxylic acids is 1. The summed E-state index contributed by atoms with van der Waals surface area (Å²) >= 11 is 1.20. The van der Waals surface area contributed by atoms with Gasteiger partial charge in [0.2, 0.25) is 5.91 Å². The molecule has 2 heterocycles. The van der Waals surface area contributed by atoms with Gasteiger partial charge in [0.25, 0.3) is 0 Å². The minimum atomic E-state index is -4.72. The van der Waals surface area contributed by atoms with Crippen LogP contribution < -0.4 is 11.1 Å². The molecule has 1 fully saturated rings. The third kappa shape index (κ3) is 5.33. The summed E-state index contributed by atoms with van der Waals surface area (Å²) in [5.74, 6) is -0.471. The molecular formula is C26H29F4N5OS. The van der Waals surface area contributed by atoms with Gasteiger partial charge in [0.1, 0.15) is 11.7 Å². The molecule has 1 saturated heterocycles. The van der Waals surface area contributed by atoms with Crippen LogP contribution in [0.1, 0.15) is 25.0 Å². The van der Waals surface area contributed by atoms with Crippen LogP contribution in [0.2, 0.25) is 0 Å². The summed E-state index contributed by atoms with van der Waals surface area (Å²) in [5.41, 5.74) is 5.92. The number of benzene rings is 2. The average Bonchev–Trinajstić information content (AvgIpc) is 3.04. The summed E-state index contributed by atoms with van der Waals surface area (Å²) in [4.78, 5) is 16.0. The Kier molecular flexibility index (Phi) is 7.57. The second-order valence-electron chi connectivity index (χ2n) is 9.41. The Hall–Kier alpha value is -3.05. The Balaban J connectivity index is 1.86. The molecular weight excluding hydrogens is 506 g/mol. The molecule has 0 aliphatic carbocycles. The van der Waals surface area contributed by atoms with Crippen LogP contribution in [-0.4, -0.2) is 65.1 Å². The van der Waals surface area contributed by atoms with E-state index in [-0.39, 0.29) is 59.6 Å². The van der Waals surface area contributed by atoms with E-state index in [2.05, 4.69) is 11.9 Å². The number of fused-ring (bicyclic) bond motifs is 1. The number of alkyl halides is 3. The smallest absolute Gasteiger partial charge is 0.382 e. The summed E-state index contributed by atoms with van der Waals surface area (Å²) in [6.07, 6.45) is -3.49. The number of piperazine rings is 1. The van der Waals surface area contributed by atoms with E-state index < -0.39 is 17.6 Å². The molecule has 2 aliphatic rings. The number of nitrogens with zero attached hydrogens (tertiary/aromatic N) is 2. The second-order valence-corrected chi connectivity index (χ2v) is 10.4. The lowest BCUT2D eigenvalue weighted by Crippen LogP contribution is -2.59. The van der Waals surface area contributed by atoms with Crippen LogP contribution in [0, 0.1) is 11.2 Å². The molecule has 2 aromatic rings. The van der Waals surface area contributed by atoms with Gasteiger partial charge < -0.3 is 20.9 Å². The van der Waals surface area contributed by atoms with Crippen LogP contribution in [0.5, 0.6) is 0 Å². The predicted octanol–water partition coefficient (Wildman–Crippen LogP) is 4.79. The van der Waals surface area contributed by atoms with Gasteiger partial charge in [-0.3, -0.25) is 10.2 Å². The first-order valence-corrected chi connectivity index (χ1v) is 12.9. The van der Waals surface area contributed by atoms with Crippen LogP contribution >= 0.6 is 11.8 Å². The first-order valence-electron chi connectivity index (χ1n) is 11.9. The van der Waals surface area contributed by atoms with Crippen molar-refractivity contribution in [2.24, 2.45) is 5.73 Å². The van der Waals surface area contributed by atoms with E-state index in [0.29, 0.717) is 22.9 Å². The molecule has 4 rings (SSSR count). The summed E-state index contributed by atoms with van der Waals surface area (Å²) in [7, 11) is 0. The molecule has 2 aliphatic heterocycles. The third-order valence-electron chi connectivity index (χ3n) is 6.62. The van der Waals surface area contributed by atoms with E-state index in [1.54, 1.807) is 9.80 Å². The molecule has 0 spiro atoms. The summed E-state index contributed by atoms with van der Waals surface area (Å²) in [5, 5.41) is 12.2. The Morgan fingerprint density at radius 2 is 1.84 bits per heavy atom. The number of carbonyl (C=O) groups is 1. The number of amidine groups is 1. The number of nitrogens with two attached hydrogens (primary N) is 1. The number of hydrogen-bond donors (Lipinski definition) is 3. The van der Waals surface area contributed by atoms with Crippen molar-refractivity contribution in [1.82, 2.24) is 9.80 Å². The highest BCUT2D eigenvalue weighted by atomic mass is 32.2. The average molecular weight is 536 g/mol. The second kappa shape index (κ2) is 10.4. The lowest BCUT2D eigenvalue weighted by atomic mass is 9.94. The molecule has 37 heavy (non-hydrogen) atoms. The van der Waals surface area contributed by atoms with Crippen molar-refractivity contribution in [3.05, 3.63) is 59.9 Å². The molecule has 2 aromatic carbocycles. The maximum absolute atomic E-state index is 14.5. The first kappa shape index (κ1) is 27.0. The Labute approximate surface area is 217 Å². The van der Waals surface area contributed by atoms with Gasteiger partial charge in [-0.25, -0.2) is 4.39 Å². The standard InChI is InChI=1S/C26H29F4N5OS/c1-4-21(36)35-14(2)11-34(12-15(35)3)25(32)19-9-20(26(28,29)30)22(16-5-7-17(27)8-6-16)24-23(19)33-10-18(31)13-37-24/h4-9,14-15,18,32-33H,1,10-13,31H2,2-3H3/t14-,15+,18?. The molecule has 3 atom stereocenters. The van der Waals surface area contributed by atoms with Gasteiger partial charge in [-0.05, 0) is 43.7 Å². The topological polar surface area (TPSA) is 85.5 Å². The van der Waals surface area contributed by atoms with Gasteiger partial charge in [-0.15, -0.1) is 11.8 Å². The zero-order valence-corrected chi connectivity index (χ0v) is 21.3. The highest BCUT2D eigenvalue weighted by Gasteiger charge is 2.40. The largest absolute Gasteiger partial charge is 0.417 e. The molecule has 0 saturated carbocycles. The summed E-state index contributed by atoms with van der Waals surface area (Å²) < 4.78 is 57.1. The van der Waals surface area contributed by atoms with E-state index in [0.717, 1.165) is 18.2 Å². The highest BCUT2D eigenvalue weighted by molar-refractivity contribution is 7.99. The van der Waals surface area contributed by atoms with Gasteiger partial charge >= 0.3 is 6.18 Å². The molecule has 0 radical (unpaired) electrons. The molecule has 0 bridgehead atoms. The van der Waals surface area contributed by atoms with Crippen molar-refractivity contribution in [3.8, 4) is 11.1 Å². The number of hydrogen-bond acceptors (Lipinski definition) is 5. The fourth-order valence-electron chi connectivity index (χ4n) is 4.99. The van der Waals surface area contributed by atoms with Crippen molar-refractivity contribution in [3.63, 3.8) is 0 Å². The van der Waals surface area contributed by atoms with Crippen molar-refractivity contribution < 1.29 is 22.4 Å². The fraction of sp³-hybridized carbons (Fsp3) is 0.385. The third-order valence-corrected chi connectivity index (χ3v) is 7.91. The number of nitrogens with one attached hydrogen (secondary N) is 2. The monoisotopic (exact) mass is 535 g/mol. The molecule has 4 N–H and O–H groups in total. The van der Waals surface area contributed by atoms with Gasteiger partial charge in [0, 0.05) is 59.5 Å². The van der Waals surface area contributed by atoms with Crippen molar-refractivity contribution >= 4 is 29.2 Å². The summed E-state index contributed by atoms with van der Waals surface area (Å²) in [6.45, 7) is 8.11. The highest BCUT2D eigenvalue weighted by Crippen LogP contribution is 2.48. The summed E-state index contributed by atoms with van der Waals surface area (Å²) in [6, 6.07) is 5.06. The van der Waals surface area contributed by atoms with Gasteiger partial charge in [-0.1, -0.05) is 18.7 Å². The van der Waals surface area contributed by atoms with E-state index in [1.165, 1.54) is 30.0 Å². The minimum absolute atomic E-state index is 0.0613. The normalized spacial score (nSPS) is 22.1. The van der Waals surface area contributed by atoms with Crippen LogP contribution in [0.4, 0.5) is 23.2 Å². The van der Waals surface area contributed by atoms with Crippen LogP contribution in [-0.2, 0) is 11.0 Å². The maximum atomic E-state index is 14.5. The Bertz CT molecular complexity index is 1200. The van der Waals surface area contributed by atoms with E-state index in [9.17, 15) is 22.4 Å². The molecule has 1 amide bonds. The number of rotatable bonds is 3. The van der Waals surface area contributed by atoms with Crippen molar-refractivity contribution in [2.45, 2.75) is 43.0 Å². The quantitative estimate of drug-likeness (QED) is 0.228. The fourth-order valence-corrected chi connectivity index (χ4v) is 6.19. The van der Waals surface area contributed by atoms with E-state index >= 15 is 0 Å². The molecule has 11 heteroatoms. The van der Waals surface area contributed by atoms with Crippen molar-refractivity contribution in [1.29, 1.82) is 5.41 Å². The molecule has 1 unspecified atom stereocenters. The zero-order valence-electron chi connectivity index (χ0n) is 20.5. The van der Waals surface area contributed by atoms with Crippen molar-refractivity contribution in [2.75, 3.05) is 30.7 Å². The first-order chi connectivity index (χ1) is 17.4. The lowest BCUT2D eigenvalue weighted by Gasteiger charge is -2.45. The predicted molar refractivity (Wildman–Crippen MR) is 138 cm³/mol. The SMILES string of the molecule is C=CC(=O)N1[C@H](C)CN(C(=N)c2cc(C(F)(F)F)c(-c3ccc(F)cc3)c3c2NCC(N)CS3)C[C@@H]1C. The lowest BCUT2D eigenvalue weighted by molar-refractivity contribution is -0.137. The molecule has 198 valence electrons. The maximum Gasteiger partial charge on any atom is 0.417 e. The number of halogens is 4. The van der Waals surface area contributed by atoms with Gasteiger partial charge in [0.15, 0.2) is 0 Å². The number of amides is 1. The van der Waals surface area contributed by atoms with E-state index in [4.69, 9.17) is 11.1 Å². The van der Waals surface area contributed by atoms with Gasteiger partial charge in [-0.2, -0.15) is 13.2 Å². The number of anilines is 1. The van der Waals surface area contributed by atoms with Crippen LogP contribution in [0.15, 0.2) is 47.9 Å². The zero-order chi connectivity index (χ0) is 27.1. The van der Waals surface area contributed by atoms with Crippen LogP contribution in [0.3, 0.4) is 0 Å². The molecule has 0 aromatic heterocycles. The van der Waals surface area contributed by atoms with E-state index in [1.807, 2.05) is 13.8 Å². The number of thioether (sulfide) groups is 1. The Morgan fingerprint density at radius 1 is 1.22 bits per heavy atom. The Morgan fingerprint density at radius 3 is 2.41 bits per heavy atom. The van der Waals surface area contributed by atoms with Crippen LogP contribution in [0.25, 0.3) is 11.1 Å². The minimum Gasteiger partial charge on any atom is -0.382 e. The van der Waals surface area contributed by atoms with Gasteiger partial charge in [0.05, 0.1) is 11.3 Å².